The van der Waals surface area contributed by atoms with E-state index in [1.807, 2.05) is 0 Å². The van der Waals surface area contributed by atoms with E-state index in [0.29, 0.717) is 0 Å². The molecule has 1 unspecified atom stereocenters. The van der Waals surface area contributed by atoms with E-state index >= 15 is 0 Å². The van der Waals surface area contributed by atoms with Crippen molar-refractivity contribution in [2.45, 2.75) is 27.9 Å². The van der Waals surface area contributed by atoms with Gasteiger partial charge in [-0.3, -0.25) is 0 Å². The molecule has 0 heterocycles. The van der Waals surface area contributed by atoms with Gasteiger partial charge in [0.05, 0.1) is 0 Å². The van der Waals surface area contributed by atoms with E-state index in [1.165, 1.54) is 16.4 Å². The quantitative estimate of drug-likeness (QED) is 0.578. The average Bonchev–Trinajstić information content (AvgIpc) is 2.22. The van der Waals surface area contributed by atoms with E-state index in [2.05, 4.69) is 80.2 Å². The van der Waals surface area contributed by atoms with Crippen LogP contribution in [0.5, 0.6) is 0 Å². The van der Waals surface area contributed by atoms with Gasteiger partial charge in [-0.05, 0) is 44.6 Å². The molecule has 0 spiro atoms. The summed E-state index contributed by atoms with van der Waals surface area (Å²) >= 11 is -0.543. The van der Waals surface area contributed by atoms with Crippen LogP contribution in [0.15, 0.2) is 18.2 Å². The zero-order valence-electron chi connectivity index (χ0n) is 13.6. The van der Waals surface area contributed by atoms with Crippen molar-refractivity contribution in [1.29, 1.82) is 0 Å². The van der Waals surface area contributed by atoms with Crippen LogP contribution in [0.25, 0.3) is 0 Å². The molecule has 0 saturated heterocycles. The fourth-order valence-electron chi connectivity index (χ4n) is 1.62. The van der Waals surface area contributed by atoms with Crippen LogP contribution in [0, 0.1) is 0 Å². The van der Waals surface area contributed by atoms with E-state index in [4.69, 9.17) is 0 Å². The first-order valence-electron chi connectivity index (χ1n) is 6.66. The van der Waals surface area contributed by atoms with Gasteiger partial charge in [0.1, 0.15) is 0 Å². The Balaban J connectivity index is 0.000000711. The van der Waals surface area contributed by atoms with Crippen molar-refractivity contribution >= 4 is 34.3 Å². The molecular formula is C15H30N2PSn. The fraction of sp³-hybridized carbons (Fsp3) is 0.600. The normalized spacial score (nSPS) is 10.9. The Morgan fingerprint density at radius 3 is 1.47 bits per heavy atom. The molecule has 0 saturated carbocycles. The molecule has 2 nitrogen and oxygen atoms in total. The second kappa shape index (κ2) is 10.1. The summed E-state index contributed by atoms with van der Waals surface area (Å²) in [6, 6.07) is 6.54. The molecule has 1 aromatic rings. The summed E-state index contributed by atoms with van der Waals surface area (Å²) in [6.07, 6.45) is 0. The Morgan fingerprint density at radius 2 is 1.21 bits per heavy atom. The van der Waals surface area contributed by atoms with Crippen LogP contribution in [0.1, 0.15) is 11.1 Å². The van der Waals surface area contributed by atoms with Crippen LogP contribution in [0.2, 0.25) is 14.8 Å². The van der Waals surface area contributed by atoms with Crippen LogP contribution in [-0.2, 0) is 13.1 Å². The first kappa shape index (κ1) is 19.4. The molecule has 0 fully saturated rings. The van der Waals surface area contributed by atoms with Crippen LogP contribution in [0.4, 0.5) is 0 Å². The Bertz CT molecular complexity index is 334. The molecule has 1 atom stereocenters. The SMILES string of the molecule is CN(C)Cc1cccc(CN(C)C)c1P.[CH3][Sn]([CH3])[CH3]. The third-order valence-corrected chi connectivity index (χ3v) is 3.00. The first-order valence-corrected chi connectivity index (χ1v) is 15.8. The molecular weight excluding hydrogens is 358 g/mol. The van der Waals surface area contributed by atoms with E-state index < -0.39 is 19.8 Å². The summed E-state index contributed by atoms with van der Waals surface area (Å²) < 4.78 is 0. The molecule has 1 aromatic carbocycles. The average molecular weight is 388 g/mol. The topological polar surface area (TPSA) is 6.48 Å². The Hall–Kier alpha value is 0.369. The molecule has 1 radical (unpaired) electrons. The van der Waals surface area contributed by atoms with Gasteiger partial charge in [-0.2, -0.15) is 0 Å². The van der Waals surface area contributed by atoms with Crippen molar-refractivity contribution in [2.75, 3.05) is 28.2 Å². The third kappa shape index (κ3) is 9.84. The standard InChI is InChI=1S/C12H21N2P.3CH3.Sn/c1-13(2)8-10-6-5-7-11(12(10)15)9-14(3)4;;;;/h5-7H,8-9,15H2,1-4H3;3*1H3;. The summed E-state index contributed by atoms with van der Waals surface area (Å²) in [6.45, 7) is 2.00. The Morgan fingerprint density at radius 1 is 0.895 bits per heavy atom. The minimum absolute atomic E-state index is 0.543. The Labute approximate surface area is 129 Å². The summed E-state index contributed by atoms with van der Waals surface area (Å²) in [7, 11) is 11.3. The summed E-state index contributed by atoms with van der Waals surface area (Å²) in [5.74, 6) is 0. The van der Waals surface area contributed by atoms with Crippen molar-refractivity contribution < 1.29 is 0 Å². The molecule has 0 N–H and O–H groups in total. The van der Waals surface area contributed by atoms with Crippen molar-refractivity contribution in [1.82, 2.24) is 9.80 Å². The van der Waals surface area contributed by atoms with Gasteiger partial charge < -0.3 is 9.80 Å². The molecule has 0 aromatic heterocycles. The molecule has 4 heteroatoms. The molecule has 0 amide bonds. The van der Waals surface area contributed by atoms with Crippen LogP contribution in [-0.4, -0.2) is 57.8 Å². The third-order valence-electron chi connectivity index (χ3n) is 2.26. The minimum atomic E-state index is -0.543. The number of hydrogen-bond donors (Lipinski definition) is 0. The van der Waals surface area contributed by atoms with E-state index in [9.17, 15) is 0 Å². The van der Waals surface area contributed by atoms with E-state index in [1.54, 1.807) is 0 Å². The first-order chi connectivity index (χ1) is 8.73. The number of nitrogens with zero attached hydrogens (tertiary/aromatic N) is 2. The molecule has 0 aliphatic carbocycles. The van der Waals surface area contributed by atoms with Gasteiger partial charge >= 0.3 is 34.6 Å². The van der Waals surface area contributed by atoms with Gasteiger partial charge in [0, 0.05) is 13.1 Å². The van der Waals surface area contributed by atoms with E-state index in [-0.39, 0.29) is 0 Å². The van der Waals surface area contributed by atoms with Gasteiger partial charge in [0.2, 0.25) is 0 Å². The second-order valence-corrected chi connectivity index (χ2v) is 15.1. The number of rotatable bonds is 4. The monoisotopic (exact) mass is 389 g/mol. The second-order valence-electron chi connectivity index (χ2n) is 5.97. The van der Waals surface area contributed by atoms with Gasteiger partial charge in [-0.25, -0.2) is 0 Å². The summed E-state index contributed by atoms with van der Waals surface area (Å²) in [5.41, 5.74) is 2.79. The van der Waals surface area contributed by atoms with Crippen molar-refractivity contribution in [3.63, 3.8) is 0 Å². The zero-order chi connectivity index (χ0) is 15.0. The van der Waals surface area contributed by atoms with Crippen LogP contribution in [0.3, 0.4) is 0 Å². The zero-order valence-corrected chi connectivity index (χ0v) is 17.6. The van der Waals surface area contributed by atoms with Crippen LogP contribution < -0.4 is 5.30 Å². The van der Waals surface area contributed by atoms with Gasteiger partial charge in [0.25, 0.3) is 0 Å². The maximum absolute atomic E-state index is 2.87. The fourth-order valence-corrected chi connectivity index (χ4v) is 2.00. The summed E-state index contributed by atoms with van der Waals surface area (Å²) in [4.78, 5) is 11.5. The van der Waals surface area contributed by atoms with Gasteiger partial charge in [0.15, 0.2) is 0 Å². The number of benzene rings is 1. The molecule has 109 valence electrons. The molecule has 1 rings (SSSR count). The predicted molar refractivity (Wildman–Crippen MR) is 93.9 cm³/mol. The molecule has 0 aliphatic rings. The molecule has 0 aliphatic heterocycles. The van der Waals surface area contributed by atoms with Crippen molar-refractivity contribution in [2.24, 2.45) is 0 Å². The summed E-state index contributed by atoms with van der Waals surface area (Å²) in [5, 5.41) is 1.35. The van der Waals surface area contributed by atoms with Crippen molar-refractivity contribution in [3.8, 4) is 0 Å². The molecule has 0 bridgehead atoms. The van der Waals surface area contributed by atoms with Gasteiger partial charge in [-0.15, -0.1) is 9.24 Å². The number of hydrogen-bond acceptors (Lipinski definition) is 2. The maximum atomic E-state index is 2.87. The van der Waals surface area contributed by atoms with Gasteiger partial charge in [-0.1, -0.05) is 18.2 Å². The van der Waals surface area contributed by atoms with Crippen molar-refractivity contribution in [3.05, 3.63) is 29.3 Å². The molecule has 19 heavy (non-hydrogen) atoms. The Kier molecular flexibility index (Phi) is 10.3. The van der Waals surface area contributed by atoms with Crippen LogP contribution >= 0.6 is 9.24 Å². The van der Waals surface area contributed by atoms with E-state index in [0.717, 1.165) is 13.1 Å². The predicted octanol–water partition coefficient (Wildman–Crippen LogP) is 2.68.